The molecule has 0 fully saturated rings. The maximum atomic E-state index is 4.10. The van der Waals surface area contributed by atoms with Gasteiger partial charge in [0.15, 0.2) is 0 Å². The SMILES string of the molecule is C=Cc1sc2c(-c3cccc(-c4cccc(-n5c6ccccc6c6cc(-n7c8ccccc8c8ccccc87)ccc65)c4)c3)cccc2c1/C=C\C. The van der Waals surface area contributed by atoms with Crippen LogP contribution in [0, 0.1) is 0 Å². The van der Waals surface area contributed by atoms with E-state index in [9.17, 15) is 0 Å². The predicted octanol–water partition coefficient (Wildman–Crippen LogP) is 14.1. The molecule has 0 amide bonds. The van der Waals surface area contributed by atoms with Crippen molar-refractivity contribution in [1.29, 1.82) is 0 Å². The third kappa shape index (κ3) is 4.63. The smallest absolute Gasteiger partial charge is 0.0542 e. The van der Waals surface area contributed by atoms with E-state index in [2.05, 4.69) is 193 Å². The number of hydrogen-bond donors (Lipinski definition) is 0. The van der Waals surface area contributed by atoms with Crippen LogP contribution in [0.25, 0.3) is 99.5 Å². The molecule has 0 aliphatic heterocycles. The van der Waals surface area contributed by atoms with Crippen LogP contribution in [-0.2, 0) is 0 Å². The van der Waals surface area contributed by atoms with Crippen LogP contribution in [0.15, 0.2) is 170 Å². The van der Waals surface area contributed by atoms with Crippen molar-refractivity contribution in [3.05, 3.63) is 181 Å². The van der Waals surface area contributed by atoms with E-state index in [1.54, 1.807) is 0 Å². The number of fused-ring (bicyclic) bond motifs is 7. The van der Waals surface area contributed by atoms with E-state index in [-0.39, 0.29) is 0 Å². The monoisotopic (exact) mass is 682 g/mol. The average Bonchev–Trinajstić information content (AvgIpc) is 3.85. The van der Waals surface area contributed by atoms with Crippen LogP contribution in [0.1, 0.15) is 17.4 Å². The van der Waals surface area contributed by atoms with Gasteiger partial charge in [-0.2, -0.15) is 0 Å². The highest BCUT2D eigenvalue weighted by Crippen LogP contribution is 2.41. The molecule has 0 saturated carbocycles. The van der Waals surface area contributed by atoms with Gasteiger partial charge in [0.25, 0.3) is 0 Å². The largest absolute Gasteiger partial charge is 0.309 e. The Balaban J connectivity index is 1.11. The lowest BCUT2D eigenvalue weighted by atomic mass is 9.97. The summed E-state index contributed by atoms with van der Waals surface area (Å²) in [5, 5.41) is 6.30. The van der Waals surface area contributed by atoms with E-state index in [1.807, 2.05) is 17.4 Å². The molecule has 0 aliphatic carbocycles. The van der Waals surface area contributed by atoms with Gasteiger partial charge in [0.2, 0.25) is 0 Å². The Morgan fingerprint density at radius 2 is 1.02 bits per heavy atom. The second-order valence-electron chi connectivity index (χ2n) is 13.3. The van der Waals surface area contributed by atoms with E-state index in [4.69, 9.17) is 0 Å². The summed E-state index contributed by atoms with van der Waals surface area (Å²) in [6.45, 7) is 6.17. The molecule has 0 atom stereocenters. The fourth-order valence-electron chi connectivity index (χ4n) is 8.14. The van der Waals surface area contributed by atoms with E-state index >= 15 is 0 Å². The van der Waals surface area contributed by atoms with Gasteiger partial charge in [-0.25, -0.2) is 0 Å². The van der Waals surface area contributed by atoms with Crippen LogP contribution in [0.4, 0.5) is 0 Å². The normalized spacial score (nSPS) is 11.9. The van der Waals surface area contributed by atoms with Gasteiger partial charge in [-0.15, -0.1) is 11.3 Å². The number of benzene rings is 7. The number of aromatic nitrogens is 2. The molecule has 3 aromatic heterocycles. The molecule has 2 nitrogen and oxygen atoms in total. The van der Waals surface area contributed by atoms with Gasteiger partial charge in [-0.1, -0.05) is 128 Å². The highest BCUT2D eigenvalue weighted by Gasteiger charge is 2.17. The first-order chi connectivity index (χ1) is 25.7. The van der Waals surface area contributed by atoms with Crippen LogP contribution < -0.4 is 0 Å². The molecule has 0 bridgehead atoms. The van der Waals surface area contributed by atoms with E-state index in [1.165, 1.54) is 86.4 Å². The second-order valence-corrected chi connectivity index (χ2v) is 14.4. The molecule has 0 aliphatic rings. The molecule has 52 heavy (non-hydrogen) atoms. The minimum absolute atomic E-state index is 1.14. The number of rotatable bonds is 6. The number of hydrogen-bond acceptors (Lipinski definition) is 1. The molecule has 0 spiro atoms. The number of para-hydroxylation sites is 3. The summed E-state index contributed by atoms with van der Waals surface area (Å²) in [5.74, 6) is 0. The third-order valence-corrected chi connectivity index (χ3v) is 11.7. The minimum atomic E-state index is 1.14. The lowest BCUT2D eigenvalue weighted by molar-refractivity contribution is 1.17. The summed E-state index contributed by atoms with van der Waals surface area (Å²) in [6, 6.07) is 57.7. The van der Waals surface area contributed by atoms with Crippen LogP contribution in [0.2, 0.25) is 0 Å². The molecule has 10 aromatic rings. The standard InChI is InChI=1S/C49H34N2S/c1-3-14-41-42-23-13-22-37(49(42)52-48(41)4-2)34-17-11-15-32(29-34)33-16-12-18-35(30-33)50-46-26-10-7-21-40(46)43-31-36(27-28-47(43)50)51-44-24-8-5-19-38(44)39-20-6-9-25-45(39)51/h3-31H,2H2,1H3/b14-3-. The van der Waals surface area contributed by atoms with Crippen molar-refractivity contribution in [3.63, 3.8) is 0 Å². The van der Waals surface area contributed by atoms with Crippen molar-refractivity contribution in [1.82, 2.24) is 9.13 Å². The Morgan fingerprint density at radius 3 is 1.69 bits per heavy atom. The quantitative estimate of drug-likeness (QED) is 0.165. The molecule has 0 radical (unpaired) electrons. The Hall–Kier alpha value is -6.42. The molecule has 0 unspecified atom stereocenters. The Kier molecular flexibility index (Phi) is 7.09. The summed E-state index contributed by atoms with van der Waals surface area (Å²) in [4.78, 5) is 1.21. The summed E-state index contributed by atoms with van der Waals surface area (Å²) < 4.78 is 6.11. The van der Waals surface area contributed by atoms with E-state index < -0.39 is 0 Å². The first-order valence-electron chi connectivity index (χ1n) is 17.8. The van der Waals surface area contributed by atoms with Gasteiger partial charge in [0, 0.05) is 47.9 Å². The molecule has 7 aromatic carbocycles. The highest BCUT2D eigenvalue weighted by atomic mass is 32.1. The summed E-state index contributed by atoms with van der Waals surface area (Å²) in [5.41, 5.74) is 13.2. The van der Waals surface area contributed by atoms with Crippen molar-refractivity contribution in [2.75, 3.05) is 0 Å². The predicted molar refractivity (Wildman–Crippen MR) is 226 cm³/mol. The number of thiophene rings is 1. The Bertz CT molecular complexity index is 3000. The Morgan fingerprint density at radius 1 is 0.481 bits per heavy atom. The van der Waals surface area contributed by atoms with E-state index in [0.29, 0.717) is 0 Å². The zero-order valence-electron chi connectivity index (χ0n) is 28.8. The fourth-order valence-corrected chi connectivity index (χ4v) is 9.32. The van der Waals surface area contributed by atoms with Crippen molar-refractivity contribution in [2.24, 2.45) is 0 Å². The van der Waals surface area contributed by atoms with E-state index in [0.717, 1.165) is 11.4 Å². The van der Waals surface area contributed by atoms with Crippen LogP contribution in [0.3, 0.4) is 0 Å². The summed E-state index contributed by atoms with van der Waals surface area (Å²) >= 11 is 1.82. The Labute approximate surface area is 306 Å². The topological polar surface area (TPSA) is 9.86 Å². The van der Waals surface area contributed by atoms with Crippen molar-refractivity contribution in [2.45, 2.75) is 6.92 Å². The fraction of sp³-hybridized carbons (Fsp3) is 0.0204. The van der Waals surface area contributed by atoms with Gasteiger partial charge in [0.05, 0.1) is 22.1 Å². The molecular formula is C49H34N2S. The number of nitrogens with zero attached hydrogens (tertiary/aromatic N) is 2. The summed E-state index contributed by atoms with van der Waals surface area (Å²) in [6.07, 6.45) is 6.28. The van der Waals surface area contributed by atoms with Crippen molar-refractivity contribution in [3.8, 4) is 33.6 Å². The van der Waals surface area contributed by atoms with Gasteiger partial charge < -0.3 is 9.13 Å². The molecule has 246 valence electrons. The highest BCUT2D eigenvalue weighted by molar-refractivity contribution is 7.20. The van der Waals surface area contributed by atoms with Crippen molar-refractivity contribution < 1.29 is 0 Å². The molecular weight excluding hydrogens is 649 g/mol. The minimum Gasteiger partial charge on any atom is -0.309 e. The maximum Gasteiger partial charge on any atom is 0.0542 e. The molecule has 0 N–H and O–H groups in total. The second kappa shape index (κ2) is 12.1. The van der Waals surface area contributed by atoms with Gasteiger partial charge in [-0.3, -0.25) is 0 Å². The van der Waals surface area contributed by atoms with Gasteiger partial charge in [-0.05, 0) is 89.3 Å². The molecule has 0 saturated heterocycles. The van der Waals surface area contributed by atoms with Crippen LogP contribution in [0.5, 0.6) is 0 Å². The zero-order chi connectivity index (χ0) is 34.8. The van der Waals surface area contributed by atoms with Crippen molar-refractivity contribution >= 4 is 77.2 Å². The first-order valence-corrected chi connectivity index (χ1v) is 18.6. The van der Waals surface area contributed by atoms with Crippen LogP contribution in [-0.4, -0.2) is 9.13 Å². The van der Waals surface area contributed by atoms with Gasteiger partial charge >= 0.3 is 0 Å². The first kappa shape index (κ1) is 30.4. The third-order valence-electron chi connectivity index (χ3n) is 10.4. The summed E-state index contributed by atoms with van der Waals surface area (Å²) in [7, 11) is 0. The lowest BCUT2D eigenvalue weighted by Gasteiger charge is -2.12. The lowest BCUT2D eigenvalue weighted by Crippen LogP contribution is -1.96. The maximum absolute atomic E-state index is 4.10. The zero-order valence-corrected chi connectivity index (χ0v) is 29.6. The number of allylic oxidation sites excluding steroid dienone is 1. The van der Waals surface area contributed by atoms with Gasteiger partial charge in [0.1, 0.15) is 0 Å². The molecule has 3 heterocycles. The van der Waals surface area contributed by atoms with Crippen LogP contribution >= 0.6 is 11.3 Å². The average molecular weight is 683 g/mol. The molecule has 3 heteroatoms. The molecule has 10 rings (SSSR count).